The normalized spacial score (nSPS) is 13.2. The van der Waals surface area contributed by atoms with Crippen LogP contribution >= 0.6 is 0 Å². The van der Waals surface area contributed by atoms with Gasteiger partial charge < -0.3 is 20.3 Å². The molecule has 0 spiro atoms. The topological polar surface area (TPSA) is 61.7 Å². The summed E-state index contributed by atoms with van der Waals surface area (Å²) in [5.41, 5.74) is 0.520. The number of hydrogen-bond donors (Lipinski definition) is 3. The van der Waals surface area contributed by atoms with Crippen molar-refractivity contribution in [3.63, 3.8) is 0 Å². The van der Waals surface area contributed by atoms with Gasteiger partial charge in [-0.3, -0.25) is 0 Å². The zero-order chi connectivity index (χ0) is 12.9. The summed E-state index contributed by atoms with van der Waals surface area (Å²) in [5, 5.41) is 20.3. The molecule has 0 bridgehead atoms. The summed E-state index contributed by atoms with van der Waals surface area (Å²) in [7, 11) is 0. The zero-order valence-corrected chi connectivity index (χ0v) is 8.74. The highest BCUT2D eigenvalue weighted by Gasteiger charge is 2.30. The van der Waals surface area contributed by atoms with E-state index in [1.807, 2.05) is 0 Å². The van der Waals surface area contributed by atoms with Crippen LogP contribution in [0, 0.1) is 0 Å². The van der Waals surface area contributed by atoms with Gasteiger partial charge in [0.05, 0.1) is 12.7 Å². The first-order valence-corrected chi connectivity index (χ1v) is 4.79. The molecule has 3 N–H and O–H groups in total. The molecular formula is C10H12F3NO3. The van der Waals surface area contributed by atoms with Crippen molar-refractivity contribution < 1.29 is 28.1 Å². The zero-order valence-electron chi connectivity index (χ0n) is 8.74. The lowest BCUT2D eigenvalue weighted by atomic mass is 10.3. The van der Waals surface area contributed by atoms with Crippen molar-refractivity contribution in [1.29, 1.82) is 0 Å². The van der Waals surface area contributed by atoms with Gasteiger partial charge in [0.25, 0.3) is 0 Å². The summed E-state index contributed by atoms with van der Waals surface area (Å²) >= 11 is 0. The van der Waals surface area contributed by atoms with Crippen molar-refractivity contribution in [1.82, 2.24) is 0 Å². The summed E-state index contributed by atoms with van der Waals surface area (Å²) in [5.74, 6) is -0.314. The van der Waals surface area contributed by atoms with Gasteiger partial charge in [-0.25, -0.2) is 0 Å². The summed E-state index contributed by atoms with van der Waals surface area (Å²) in [6.07, 6.45) is -5.62. The molecule has 0 saturated heterocycles. The van der Waals surface area contributed by atoms with Crippen LogP contribution in [-0.4, -0.2) is 35.8 Å². The van der Waals surface area contributed by atoms with Crippen LogP contribution in [-0.2, 0) is 0 Å². The van der Waals surface area contributed by atoms with E-state index in [9.17, 15) is 13.2 Å². The first kappa shape index (κ1) is 13.6. The SMILES string of the molecule is OC[C@@H](O)CNc1ccc(OC(F)(F)F)cc1. The van der Waals surface area contributed by atoms with Crippen molar-refractivity contribution in [2.75, 3.05) is 18.5 Å². The van der Waals surface area contributed by atoms with Crippen LogP contribution in [0.25, 0.3) is 0 Å². The van der Waals surface area contributed by atoms with E-state index in [-0.39, 0.29) is 18.9 Å². The number of ether oxygens (including phenoxy) is 1. The maximum Gasteiger partial charge on any atom is 0.573 e. The van der Waals surface area contributed by atoms with Gasteiger partial charge in [0.15, 0.2) is 0 Å². The van der Waals surface area contributed by atoms with E-state index < -0.39 is 12.5 Å². The van der Waals surface area contributed by atoms with Crippen LogP contribution in [0.2, 0.25) is 0 Å². The Balaban J connectivity index is 2.50. The molecule has 1 atom stereocenters. The van der Waals surface area contributed by atoms with Crippen molar-refractivity contribution in [3.05, 3.63) is 24.3 Å². The number of halogens is 3. The largest absolute Gasteiger partial charge is 0.573 e. The number of hydrogen-bond acceptors (Lipinski definition) is 4. The van der Waals surface area contributed by atoms with Gasteiger partial charge in [-0.2, -0.15) is 0 Å². The Morgan fingerprint density at radius 2 is 1.82 bits per heavy atom. The van der Waals surface area contributed by atoms with Crippen LogP contribution in [0.4, 0.5) is 18.9 Å². The lowest BCUT2D eigenvalue weighted by molar-refractivity contribution is -0.274. The minimum atomic E-state index is -4.71. The third-order valence-electron chi connectivity index (χ3n) is 1.84. The predicted molar refractivity (Wildman–Crippen MR) is 54.7 cm³/mol. The Kier molecular flexibility index (Phi) is 4.59. The third kappa shape index (κ3) is 5.41. The second kappa shape index (κ2) is 5.74. The van der Waals surface area contributed by atoms with E-state index in [1.54, 1.807) is 0 Å². The number of aliphatic hydroxyl groups is 2. The molecule has 0 aliphatic heterocycles. The van der Waals surface area contributed by atoms with E-state index >= 15 is 0 Å². The Labute approximate surface area is 95.6 Å². The minimum Gasteiger partial charge on any atom is -0.406 e. The summed E-state index contributed by atoms with van der Waals surface area (Å²) in [4.78, 5) is 0. The van der Waals surface area contributed by atoms with E-state index in [2.05, 4.69) is 10.1 Å². The molecule has 0 radical (unpaired) electrons. The monoisotopic (exact) mass is 251 g/mol. The number of alkyl halides is 3. The number of rotatable bonds is 5. The van der Waals surface area contributed by atoms with Gasteiger partial charge in [0.2, 0.25) is 0 Å². The van der Waals surface area contributed by atoms with Crippen molar-refractivity contribution in [2.24, 2.45) is 0 Å². The van der Waals surface area contributed by atoms with Crippen LogP contribution in [0.15, 0.2) is 24.3 Å². The smallest absolute Gasteiger partial charge is 0.406 e. The number of benzene rings is 1. The summed E-state index contributed by atoms with van der Waals surface area (Å²) in [6.45, 7) is -0.280. The van der Waals surface area contributed by atoms with Crippen LogP contribution in [0.5, 0.6) is 5.75 Å². The standard InChI is InChI=1S/C10H12F3NO3/c11-10(12,13)17-9-3-1-7(2-4-9)14-5-8(16)6-15/h1-4,8,14-16H,5-6H2/t8-/m0/s1. The molecule has 7 heteroatoms. The Morgan fingerprint density at radius 1 is 1.24 bits per heavy atom. The Morgan fingerprint density at radius 3 is 2.29 bits per heavy atom. The van der Waals surface area contributed by atoms with Gasteiger partial charge in [-0.1, -0.05) is 0 Å². The molecule has 1 aromatic carbocycles. The number of anilines is 1. The fraction of sp³-hybridized carbons (Fsp3) is 0.400. The molecule has 0 saturated carbocycles. The van der Waals surface area contributed by atoms with Gasteiger partial charge in [0.1, 0.15) is 5.75 Å². The third-order valence-corrected chi connectivity index (χ3v) is 1.84. The first-order valence-electron chi connectivity index (χ1n) is 4.79. The lowest BCUT2D eigenvalue weighted by Gasteiger charge is -2.12. The highest BCUT2D eigenvalue weighted by molar-refractivity contribution is 5.46. The average Bonchev–Trinajstić information content (AvgIpc) is 2.25. The van der Waals surface area contributed by atoms with E-state index in [0.717, 1.165) is 12.1 Å². The van der Waals surface area contributed by atoms with E-state index in [1.165, 1.54) is 12.1 Å². The Hall–Kier alpha value is -1.47. The molecule has 0 fully saturated rings. The highest BCUT2D eigenvalue weighted by atomic mass is 19.4. The summed E-state index contributed by atoms with van der Waals surface area (Å²) < 4.78 is 39.2. The second-order valence-electron chi connectivity index (χ2n) is 3.29. The molecule has 0 amide bonds. The minimum absolute atomic E-state index is 0.107. The molecule has 0 unspecified atom stereocenters. The predicted octanol–water partition coefficient (Wildman–Crippen LogP) is 1.35. The van der Waals surface area contributed by atoms with Crippen molar-refractivity contribution in [3.8, 4) is 5.75 Å². The van der Waals surface area contributed by atoms with Gasteiger partial charge >= 0.3 is 6.36 Å². The average molecular weight is 251 g/mol. The quantitative estimate of drug-likeness (QED) is 0.739. The van der Waals surface area contributed by atoms with Crippen LogP contribution in [0.3, 0.4) is 0 Å². The van der Waals surface area contributed by atoms with Crippen molar-refractivity contribution in [2.45, 2.75) is 12.5 Å². The maximum absolute atomic E-state index is 11.8. The van der Waals surface area contributed by atoms with Gasteiger partial charge in [-0.15, -0.1) is 13.2 Å². The molecule has 96 valence electrons. The van der Waals surface area contributed by atoms with Crippen LogP contribution < -0.4 is 10.1 Å². The van der Waals surface area contributed by atoms with Gasteiger partial charge in [-0.05, 0) is 24.3 Å². The molecule has 1 rings (SSSR count). The molecule has 1 aromatic rings. The van der Waals surface area contributed by atoms with E-state index in [0.29, 0.717) is 5.69 Å². The van der Waals surface area contributed by atoms with E-state index in [4.69, 9.17) is 10.2 Å². The van der Waals surface area contributed by atoms with Crippen molar-refractivity contribution >= 4 is 5.69 Å². The Bertz CT molecular complexity index is 340. The number of aliphatic hydroxyl groups excluding tert-OH is 2. The summed E-state index contributed by atoms with van der Waals surface area (Å²) in [6, 6.07) is 5.07. The fourth-order valence-electron chi connectivity index (χ4n) is 1.07. The second-order valence-corrected chi connectivity index (χ2v) is 3.29. The highest BCUT2D eigenvalue weighted by Crippen LogP contribution is 2.23. The fourth-order valence-corrected chi connectivity index (χ4v) is 1.07. The molecule has 0 heterocycles. The van der Waals surface area contributed by atoms with Gasteiger partial charge in [0, 0.05) is 12.2 Å². The number of nitrogens with one attached hydrogen (secondary N) is 1. The molecular weight excluding hydrogens is 239 g/mol. The lowest BCUT2D eigenvalue weighted by Crippen LogP contribution is -2.22. The van der Waals surface area contributed by atoms with Crippen LogP contribution in [0.1, 0.15) is 0 Å². The molecule has 0 aliphatic rings. The first-order chi connectivity index (χ1) is 7.90. The molecule has 0 aliphatic carbocycles. The molecule has 17 heavy (non-hydrogen) atoms. The molecule has 0 aromatic heterocycles. The maximum atomic E-state index is 11.8. The molecule has 4 nitrogen and oxygen atoms in total.